The Kier molecular flexibility index (Phi) is 5.10. The molecule has 18 heavy (non-hydrogen) atoms. The van der Waals surface area contributed by atoms with Crippen LogP contribution in [0.2, 0.25) is 10.0 Å². The zero-order valence-electron chi connectivity index (χ0n) is 10.6. The first-order chi connectivity index (χ1) is 8.69. The fourth-order valence-electron chi connectivity index (χ4n) is 2.33. The average Bonchev–Trinajstić information content (AvgIpc) is 2.35. The summed E-state index contributed by atoms with van der Waals surface area (Å²) in [5.74, 6) is 0.745. The molecule has 0 spiro atoms. The molecule has 0 aliphatic carbocycles. The highest BCUT2D eigenvalue weighted by atomic mass is 35.5. The molecule has 1 fully saturated rings. The molecule has 1 aliphatic heterocycles. The van der Waals surface area contributed by atoms with Crippen molar-refractivity contribution in [1.29, 1.82) is 0 Å². The van der Waals surface area contributed by atoms with Crippen molar-refractivity contribution in [3.8, 4) is 0 Å². The van der Waals surface area contributed by atoms with E-state index in [1.165, 1.54) is 13.0 Å². The number of hydrogen-bond donors (Lipinski definition) is 1. The number of rotatable bonds is 4. The van der Waals surface area contributed by atoms with Gasteiger partial charge in [0.25, 0.3) is 0 Å². The predicted octanol–water partition coefficient (Wildman–Crippen LogP) is 3.67. The Hall–Kier alpha value is -0.510. The Balaban J connectivity index is 1.87. The maximum Gasteiger partial charge on any atom is 0.145 e. The normalized spacial score (nSPS) is 17.9. The predicted molar refractivity (Wildman–Crippen MR) is 77.6 cm³/mol. The Morgan fingerprint density at radius 3 is 2.72 bits per heavy atom. The lowest BCUT2D eigenvalue weighted by Crippen LogP contribution is -2.39. The summed E-state index contributed by atoms with van der Waals surface area (Å²) in [5.41, 5.74) is 0. The molecule has 0 atom stereocenters. The molecule has 1 aliphatic rings. The highest BCUT2D eigenvalue weighted by Gasteiger charge is 2.19. The van der Waals surface area contributed by atoms with Crippen LogP contribution in [0.1, 0.15) is 26.2 Å². The van der Waals surface area contributed by atoms with Crippen LogP contribution in [0.5, 0.6) is 0 Å². The van der Waals surface area contributed by atoms with Gasteiger partial charge >= 0.3 is 0 Å². The summed E-state index contributed by atoms with van der Waals surface area (Å²) >= 11 is 11.9. The van der Waals surface area contributed by atoms with E-state index in [1.807, 2.05) is 0 Å². The van der Waals surface area contributed by atoms with E-state index in [0.29, 0.717) is 16.1 Å². The first-order valence-corrected chi connectivity index (χ1v) is 7.24. The van der Waals surface area contributed by atoms with Crippen LogP contribution in [0.15, 0.2) is 12.3 Å². The number of nitrogens with one attached hydrogen (secondary N) is 1. The van der Waals surface area contributed by atoms with Gasteiger partial charge in [-0.15, -0.1) is 0 Å². The first kappa shape index (κ1) is 13.9. The molecule has 0 bridgehead atoms. The summed E-state index contributed by atoms with van der Waals surface area (Å²) in [6.07, 6.45) is 5.13. The van der Waals surface area contributed by atoms with Crippen molar-refractivity contribution in [3.05, 3.63) is 22.3 Å². The molecule has 0 aromatic carbocycles. The van der Waals surface area contributed by atoms with Gasteiger partial charge in [0.1, 0.15) is 5.82 Å². The largest absolute Gasteiger partial charge is 0.366 e. The highest BCUT2D eigenvalue weighted by molar-refractivity contribution is 6.35. The van der Waals surface area contributed by atoms with Crippen LogP contribution in [0.4, 0.5) is 5.82 Å². The van der Waals surface area contributed by atoms with Gasteiger partial charge in [0.15, 0.2) is 0 Å². The summed E-state index contributed by atoms with van der Waals surface area (Å²) < 4.78 is 0. The van der Waals surface area contributed by atoms with Gasteiger partial charge in [-0.2, -0.15) is 0 Å². The minimum absolute atomic E-state index is 0.462. The van der Waals surface area contributed by atoms with E-state index in [2.05, 4.69) is 22.1 Å². The number of piperidine rings is 1. The van der Waals surface area contributed by atoms with Gasteiger partial charge in [0.05, 0.1) is 10.0 Å². The van der Waals surface area contributed by atoms with Gasteiger partial charge in [-0.05, 0) is 31.9 Å². The van der Waals surface area contributed by atoms with E-state index in [0.717, 1.165) is 31.7 Å². The Labute approximate surface area is 118 Å². The van der Waals surface area contributed by atoms with Gasteiger partial charge in [-0.25, -0.2) is 4.98 Å². The second kappa shape index (κ2) is 6.60. The number of halogens is 2. The molecular formula is C13H19Cl2N3. The van der Waals surface area contributed by atoms with Crippen molar-refractivity contribution >= 4 is 29.0 Å². The van der Waals surface area contributed by atoms with Crippen LogP contribution in [0, 0.1) is 0 Å². The van der Waals surface area contributed by atoms with Gasteiger partial charge in [0.2, 0.25) is 0 Å². The lowest BCUT2D eigenvalue weighted by Gasteiger charge is -2.32. The van der Waals surface area contributed by atoms with Crippen molar-refractivity contribution < 1.29 is 0 Å². The summed E-state index contributed by atoms with van der Waals surface area (Å²) in [6, 6.07) is 2.19. The third kappa shape index (κ3) is 3.74. The second-order valence-corrected chi connectivity index (χ2v) is 5.59. The molecule has 0 amide bonds. The molecule has 5 heteroatoms. The molecule has 3 nitrogen and oxygen atoms in total. The van der Waals surface area contributed by atoms with E-state index in [9.17, 15) is 0 Å². The van der Waals surface area contributed by atoms with Gasteiger partial charge in [-0.1, -0.05) is 30.1 Å². The van der Waals surface area contributed by atoms with Crippen molar-refractivity contribution in [2.24, 2.45) is 0 Å². The van der Waals surface area contributed by atoms with Crippen LogP contribution in [0.25, 0.3) is 0 Å². The van der Waals surface area contributed by atoms with Crippen LogP contribution < -0.4 is 5.32 Å². The minimum atomic E-state index is 0.462. The van der Waals surface area contributed by atoms with Gasteiger partial charge in [0, 0.05) is 25.3 Å². The Morgan fingerprint density at radius 2 is 2.11 bits per heavy atom. The second-order valence-electron chi connectivity index (χ2n) is 4.74. The van der Waals surface area contributed by atoms with Crippen molar-refractivity contribution in [2.75, 3.05) is 25.0 Å². The van der Waals surface area contributed by atoms with Crippen molar-refractivity contribution in [3.63, 3.8) is 0 Å². The maximum atomic E-state index is 6.11. The Morgan fingerprint density at radius 1 is 1.39 bits per heavy atom. The van der Waals surface area contributed by atoms with Crippen molar-refractivity contribution in [1.82, 2.24) is 9.88 Å². The summed E-state index contributed by atoms with van der Waals surface area (Å²) in [5, 5.41) is 4.58. The monoisotopic (exact) mass is 287 g/mol. The van der Waals surface area contributed by atoms with E-state index in [-0.39, 0.29) is 0 Å². The maximum absolute atomic E-state index is 6.11. The number of aromatic nitrogens is 1. The Bertz CT molecular complexity index is 390. The quantitative estimate of drug-likeness (QED) is 0.916. The number of nitrogens with zero attached hydrogens (tertiary/aromatic N) is 2. The lowest BCUT2D eigenvalue weighted by atomic mass is 10.0. The van der Waals surface area contributed by atoms with Crippen molar-refractivity contribution in [2.45, 2.75) is 32.2 Å². The highest BCUT2D eigenvalue weighted by Crippen LogP contribution is 2.24. The van der Waals surface area contributed by atoms with E-state index >= 15 is 0 Å². The molecule has 2 rings (SSSR count). The molecule has 1 aromatic rings. The van der Waals surface area contributed by atoms with Crippen LogP contribution in [-0.4, -0.2) is 35.6 Å². The van der Waals surface area contributed by atoms with E-state index in [4.69, 9.17) is 23.2 Å². The molecule has 1 aromatic heterocycles. The number of anilines is 1. The standard InChI is InChI=1S/C13H19Cl2N3/c1-2-5-18-6-3-11(4-7-18)17-13-12(15)8-10(14)9-16-13/h8-9,11H,2-7H2,1H3,(H,16,17). The summed E-state index contributed by atoms with van der Waals surface area (Å²) in [7, 11) is 0. The lowest BCUT2D eigenvalue weighted by molar-refractivity contribution is 0.219. The average molecular weight is 288 g/mol. The molecule has 2 heterocycles. The summed E-state index contributed by atoms with van der Waals surface area (Å²) in [6.45, 7) is 5.72. The molecule has 1 saturated heterocycles. The third-order valence-electron chi connectivity index (χ3n) is 3.28. The van der Waals surface area contributed by atoms with E-state index in [1.54, 1.807) is 12.3 Å². The van der Waals surface area contributed by atoms with Gasteiger partial charge in [-0.3, -0.25) is 0 Å². The zero-order valence-corrected chi connectivity index (χ0v) is 12.1. The third-order valence-corrected chi connectivity index (χ3v) is 3.77. The first-order valence-electron chi connectivity index (χ1n) is 6.49. The number of pyridine rings is 1. The molecule has 0 radical (unpaired) electrons. The molecule has 0 unspecified atom stereocenters. The molecule has 1 N–H and O–H groups in total. The zero-order chi connectivity index (χ0) is 13.0. The van der Waals surface area contributed by atoms with E-state index < -0.39 is 0 Å². The fraction of sp³-hybridized carbons (Fsp3) is 0.615. The van der Waals surface area contributed by atoms with Crippen LogP contribution in [0.3, 0.4) is 0 Å². The number of likely N-dealkylation sites (tertiary alicyclic amines) is 1. The number of hydrogen-bond acceptors (Lipinski definition) is 3. The van der Waals surface area contributed by atoms with Gasteiger partial charge < -0.3 is 10.2 Å². The molecule has 0 saturated carbocycles. The summed E-state index contributed by atoms with van der Waals surface area (Å²) in [4.78, 5) is 6.75. The van der Waals surface area contributed by atoms with Crippen LogP contribution >= 0.6 is 23.2 Å². The smallest absolute Gasteiger partial charge is 0.145 e. The molecule has 100 valence electrons. The fourth-order valence-corrected chi connectivity index (χ4v) is 2.77. The topological polar surface area (TPSA) is 28.2 Å². The minimum Gasteiger partial charge on any atom is -0.366 e. The van der Waals surface area contributed by atoms with Crippen LogP contribution in [-0.2, 0) is 0 Å². The molecular weight excluding hydrogens is 269 g/mol. The SMILES string of the molecule is CCCN1CCC(Nc2ncc(Cl)cc2Cl)CC1.